The van der Waals surface area contributed by atoms with Gasteiger partial charge in [0.2, 0.25) is 0 Å². The second-order valence-electron chi connectivity index (χ2n) is 16.9. The third-order valence-electron chi connectivity index (χ3n) is 8.55. The second-order valence-corrected chi connectivity index (χ2v) is 18.9. The number of hydrogen-bond donors (Lipinski definition) is 0. The fraction of sp³-hybridized carbons (Fsp3) is 0.429. The molecular weight excluding hydrogens is 629 g/mol. The number of hydrogen-bond acceptors (Lipinski definition) is 2. The summed E-state index contributed by atoms with van der Waals surface area (Å²) >= 11 is 0. The monoisotopic (exact) mass is 686 g/mol. The molecule has 4 aromatic rings. The van der Waals surface area contributed by atoms with E-state index in [1.54, 1.807) is 0 Å². The average molecular weight is 687 g/mol. The van der Waals surface area contributed by atoms with Crippen LogP contribution in [0.4, 0.5) is 0 Å². The zero-order valence-electron chi connectivity index (χ0n) is 31.2. The molecule has 0 radical (unpaired) electrons. The highest BCUT2D eigenvalue weighted by Crippen LogP contribution is 2.41. The molecule has 0 spiro atoms. The maximum atomic E-state index is 6.50. The Morgan fingerprint density at radius 3 is 0.936 bits per heavy atom. The van der Waals surface area contributed by atoms with Gasteiger partial charge in [0.1, 0.15) is 29.1 Å². The van der Waals surface area contributed by atoms with E-state index in [1.807, 2.05) is 0 Å². The molecule has 0 saturated heterocycles. The summed E-state index contributed by atoms with van der Waals surface area (Å²) in [7, 11) is 0.498. The van der Waals surface area contributed by atoms with Crippen LogP contribution in [-0.4, -0.2) is 0 Å². The predicted molar refractivity (Wildman–Crippen MR) is 215 cm³/mol. The largest absolute Gasteiger partial charge is 1.51 e. The van der Waals surface area contributed by atoms with Gasteiger partial charge < -0.3 is 18.9 Å². The van der Waals surface area contributed by atoms with E-state index in [0.717, 1.165) is 11.5 Å². The zero-order chi connectivity index (χ0) is 34.2. The van der Waals surface area contributed by atoms with Gasteiger partial charge in [0.15, 0.2) is 0 Å². The van der Waals surface area contributed by atoms with Gasteiger partial charge >= 0.3 is 0 Å². The van der Waals surface area contributed by atoms with E-state index in [-0.39, 0.29) is 49.2 Å². The van der Waals surface area contributed by atoms with Gasteiger partial charge in [0, 0.05) is 21.7 Å². The smallest absolute Gasteiger partial charge is 0.127 e. The maximum absolute atomic E-state index is 6.50. The Balaban J connectivity index is 0.00000600. The van der Waals surface area contributed by atoms with Crippen LogP contribution in [-0.2, 0) is 21.7 Å². The molecule has 0 amide bonds. The van der Waals surface area contributed by atoms with E-state index in [1.165, 1.54) is 55.1 Å². The quantitative estimate of drug-likeness (QED) is 0.180. The van der Waals surface area contributed by atoms with E-state index in [2.05, 4.69) is 170 Å². The molecule has 0 aromatic heterocycles. The van der Waals surface area contributed by atoms with Crippen molar-refractivity contribution in [2.45, 2.75) is 119 Å². The number of aryl methyl sites for hydroxylation is 2. The van der Waals surface area contributed by atoms with E-state index < -0.39 is 0 Å². The Kier molecular flexibility index (Phi) is 12.3. The maximum Gasteiger partial charge on any atom is 0.127 e. The Bertz CT molecular complexity index is 1530. The van der Waals surface area contributed by atoms with Crippen LogP contribution in [0.3, 0.4) is 0 Å². The van der Waals surface area contributed by atoms with Crippen molar-refractivity contribution in [2.75, 3.05) is 0 Å². The summed E-state index contributed by atoms with van der Waals surface area (Å²) in [6.07, 6.45) is 0. The van der Waals surface area contributed by atoms with Crippen LogP contribution >= 0.6 is 27.5 Å². The molecule has 0 heterocycles. The van der Waals surface area contributed by atoms with E-state index in [4.69, 9.17) is 9.05 Å². The standard InChI is InChI=1S/C42H56O2P2.HP/c1-27-23-37(35(41(9,10)11)25-33(27)39(3,4)5)43-45-31-19-15-29(16-20-31)30-17-21-32(22-18-30)46-44-38-24-28(2)34(40(6,7)8)26-36(38)42(12,13)14;/h15-26,45-46H,1-14H3;1H/q;-2. The minimum Gasteiger partial charge on any atom is -1.51 e. The van der Waals surface area contributed by atoms with Crippen LogP contribution in [0.25, 0.3) is 11.1 Å². The fourth-order valence-corrected chi connectivity index (χ4v) is 7.41. The van der Waals surface area contributed by atoms with Crippen LogP contribution < -0.4 is 19.7 Å². The molecule has 0 fully saturated rings. The molecule has 2 unspecified atom stereocenters. The molecule has 0 aliphatic rings. The van der Waals surface area contributed by atoms with Crippen LogP contribution in [0.1, 0.15) is 116 Å². The molecule has 2 atom stereocenters. The Hall–Kier alpha value is -2.23. The normalized spacial score (nSPS) is 13.0. The van der Waals surface area contributed by atoms with Crippen molar-refractivity contribution in [1.29, 1.82) is 0 Å². The fourth-order valence-electron chi connectivity index (χ4n) is 6.01. The van der Waals surface area contributed by atoms with Gasteiger partial charge in [-0.05, 0) is 81.0 Å². The van der Waals surface area contributed by atoms with E-state index in [9.17, 15) is 0 Å². The molecule has 2 nitrogen and oxygen atoms in total. The minimum atomic E-state index is -0.000147. The summed E-state index contributed by atoms with van der Waals surface area (Å²) in [6.45, 7) is 31.7. The highest BCUT2D eigenvalue weighted by molar-refractivity contribution is 7.42. The number of benzene rings is 4. The van der Waals surface area contributed by atoms with E-state index in [0.29, 0.717) is 0 Å². The highest BCUT2D eigenvalue weighted by Gasteiger charge is 2.26. The lowest BCUT2D eigenvalue weighted by atomic mass is 9.78. The molecule has 0 N–H and O–H groups in total. The first-order valence-corrected chi connectivity index (χ1v) is 18.3. The molecule has 4 aromatic carbocycles. The first-order valence-electron chi connectivity index (χ1n) is 16.5. The Labute approximate surface area is 293 Å². The van der Waals surface area contributed by atoms with Crippen molar-refractivity contribution in [3.63, 3.8) is 0 Å². The zero-order valence-corrected chi connectivity index (χ0v) is 34.2. The third kappa shape index (κ3) is 9.91. The Morgan fingerprint density at radius 1 is 0.404 bits per heavy atom. The van der Waals surface area contributed by atoms with Gasteiger partial charge in [0.05, 0.1) is 0 Å². The van der Waals surface area contributed by atoms with Crippen LogP contribution in [0.2, 0.25) is 0 Å². The SMILES string of the molecule is Cc1cc(OPc2ccc(-c3ccc(POc4cc(C)c(C(C)(C)C)cc4C(C)(C)C)cc3)cc2)c(C(C)(C)C)cc1C(C)(C)C.[PH-2]. The van der Waals surface area contributed by atoms with Crippen molar-refractivity contribution in [1.82, 2.24) is 0 Å². The first kappa shape index (κ1) is 39.2. The number of rotatable bonds is 7. The lowest BCUT2D eigenvalue weighted by Gasteiger charge is -2.29. The van der Waals surface area contributed by atoms with E-state index >= 15 is 0 Å². The van der Waals surface area contributed by atoms with Gasteiger partial charge in [-0.2, -0.15) is 0 Å². The van der Waals surface area contributed by atoms with Crippen molar-refractivity contribution in [3.05, 3.63) is 106 Å². The Morgan fingerprint density at radius 2 is 0.681 bits per heavy atom. The molecule has 47 heavy (non-hydrogen) atoms. The molecule has 0 saturated carbocycles. The second kappa shape index (κ2) is 14.7. The summed E-state index contributed by atoms with van der Waals surface area (Å²) < 4.78 is 13.0. The van der Waals surface area contributed by atoms with Gasteiger partial charge in [-0.3, -0.25) is 0 Å². The van der Waals surface area contributed by atoms with Crippen molar-refractivity contribution in [2.24, 2.45) is 0 Å². The van der Waals surface area contributed by atoms with Crippen LogP contribution in [0, 0.1) is 13.8 Å². The van der Waals surface area contributed by atoms with Gasteiger partial charge in [-0.1, -0.05) is 144 Å². The first-order chi connectivity index (χ1) is 21.1. The summed E-state index contributed by atoms with van der Waals surface area (Å²) in [5.74, 6) is 1.99. The summed E-state index contributed by atoms with van der Waals surface area (Å²) in [5, 5.41) is 2.38. The lowest BCUT2D eigenvalue weighted by Crippen LogP contribution is -2.18. The average Bonchev–Trinajstić information content (AvgIpc) is 2.93. The predicted octanol–water partition coefficient (Wildman–Crippen LogP) is 12.3. The van der Waals surface area contributed by atoms with Crippen LogP contribution in [0.5, 0.6) is 11.5 Å². The molecule has 4 rings (SSSR count). The van der Waals surface area contributed by atoms with Crippen molar-refractivity contribution in [3.8, 4) is 22.6 Å². The third-order valence-corrected chi connectivity index (χ3v) is 10.3. The molecular formula is C42H57O2P3-2. The van der Waals surface area contributed by atoms with Crippen molar-refractivity contribution < 1.29 is 9.05 Å². The highest BCUT2D eigenvalue weighted by atomic mass is 31.1. The molecule has 5 heteroatoms. The summed E-state index contributed by atoms with van der Waals surface area (Å²) in [6, 6.07) is 26.8. The van der Waals surface area contributed by atoms with Crippen LogP contribution in [0.15, 0.2) is 72.8 Å². The van der Waals surface area contributed by atoms with Gasteiger partial charge in [-0.25, -0.2) is 0 Å². The summed E-state index contributed by atoms with van der Waals surface area (Å²) in [4.78, 5) is 0. The summed E-state index contributed by atoms with van der Waals surface area (Å²) in [5.41, 5.74) is 10.5. The molecule has 0 bridgehead atoms. The molecule has 0 aliphatic heterocycles. The lowest BCUT2D eigenvalue weighted by molar-refractivity contribution is 0.531. The minimum absolute atomic E-state index is 0. The molecule has 0 aliphatic carbocycles. The van der Waals surface area contributed by atoms with Crippen molar-refractivity contribution >= 4 is 38.1 Å². The topological polar surface area (TPSA) is 18.5 Å². The van der Waals surface area contributed by atoms with Gasteiger partial charge in [0.25, 0.3) is 0 Å². The molecule has 254 valence electrons. The van der Waals surface area contributed by atoms with Gasteiger partial charge in [-0.15, -0.1) is 0 Å².